The summed E-state index contributed by atoms with van der Waals surface area (Å²) in [6.45, 7) is 4.27. The summed E-state index contributed by atoms with van der Waals surface area (Å²) >= 11 is 0. The molecule has 0 saturated heterocycles. The van der Waals surface area contributed by atoms with E-state index in [4.69, 9.17) is 4.74 Å². The van der Waals surface area contributed by atoms with Crippen molar-refractivity contribution in [3.05, 3.63) is 0 Å². The number of carbonyl (C=O) groups is 1. The molecule has 0 spiro atoms. The number of aliphatic hydroxyl groups is 1. The fourth-order valence-corrected chi connectivity index (χ4v) is 2.31. The monoisotopic (exact) mass is 200 g/mol. The van der Waals surface area contributed by atoms with E-state index in [-0.39, 0.29) is 11.9 Å². The Hall–Kier alpha value is -0.570. The highest BCUT2D eigenvalue weighted by molar-refractivity contribution is 5.73. The number of hydrogen-bond acceptors (Lipinski definition) is 3. The summed E-state index contributed by atoms with van der Waals surface area (Å²) in [5.41, 5.74) is 0. The third-order valence-corrected chi connectivity index (χ3v) is 3.08. The second-order valence-corrected chi connectivity index (χ2v) is 3.94. The molecule has 1 aliphatic rings. The van der Waals surface area contributed by atoms with Crippen LogP contribution in [0.15, 0.2) is 0 Å². The molecule has 0 aromatic carbocycles. The van der Waals surface area contributed by atoms with Crippen LogP contribution in [0, 0.1) is 11.8 Å². The lowest BCUT2D eigenvalue weighted by Gasteiger charge is -2.33. The quantitative estimate of drug-likeness (QED) is 0.706. The molecule has 3 nitrogen and oxygen atoms in total. The van der Waals surface area contributed by atoms with Gasteiger partial charge in [-0.2, -0.15) is 0 Å². The Balaban J connectivity index is 2.63. The lowest BCUT2D eigenvalue weighted by Crippen LogP contribution is -2.39. The number of carbonyl (C=O) groups excluding carboxylic acids is 1. The van der Waals surface area contributed by atoms with E-state index < -0.39 is 6.10 Å². The first-order valence-electron chi connectivity index (χ1n) is 5.55. The Morgan fingerprint density at radius 1 is 1.43 bits per heavy atom. The molecule has 0 unspecified atom stereocenters. The fraction of sp³-hybridized carbons (Fsp3) is 0.909. The topological polar surface area (TPSA) is 46.5 Å². The summed E-state index contributed by atoms with van der Waals surface area (Å²) in [7, 11) is 0. The van der Waals surface area contributed by atoms with Gasteiger partial charge in [0.05, 0.1) is 18.6 Å². The standard InChI is InChI=1S/C11H20O3/c1-3-8-6-5-7-9(12)10(8)11(13)14-4-2/h8-10,12H,3-7H2,1-2H3/t8-,9+,10+/m1/s1. The van der Waals surface area contributed by atoms with Gasteiger partial charge in [0.15, 0.2) is 0 Å². The lowest BCUT2D eigenvalue weighted by atomic mass is 9.76. The Labute approximate surface area is 85.5 Å². The molecule has 0 aromatic heterocycles. The first-order valence-corrected chi connectivity index (χ1v) is 5.55. The molecule has 0 aromatic rings. The molecule has 3 atom stereocenters. The Morgan fingerprint density at radius 3 is 2.71 bits per heavy atom. The number of hydrogen-bond donors (Lipinski definition) is 1. The van der Waals surface area contributed by atoms with E-state index in [9.17, 15) is 9.90 Å². The molecule has 0 amide bonds. The van der Waals surface area contributed by atoms with Crippen molar-refractivity contribution >= 4 is 5.97 Å². The van der Waals surface area contributed by atoms with Crippen LogP contribution in [0.5, 0.6) is 0 Å². The zero-order chi connectivity index (χ0) is 10.6. The van der Waals surface area contributed by atoms with Crippen LogP contribution < -0.4 is 0 Å². The number of esters is 1. The smallest absolute Gasteiger partial charge is 0.311 e. The molecule has 0 aliphatic heterocycles. The normalized spacial score (nSPS) is 32.6. The third-order valence-electron chi connectivity index (χ3n) is 3.08. The van der Waals surface area contributed by atoms with Crippen molar-refractivity contribution in [2.24, 2.45) is 11.8 Å². The summed E-state index contributed by atoms with van der Waals surface area (Å²) in [6, 6.07) is 0. The average molecular weight is 200 g/mol. The maximum Gasteiger partial charge on any atom is 0.311 e. The molecule has 0 bridgehead atoms. The largest absolute Gasteiger partial charge is 0.466 e. The summed E-state index contributed by atoms with van der Waals surface area (Å²) in [5.74, 6) is -0.196. The lowest BCUT2D eigenvalue weighted by molar-refractivity contribution is -0.157. The molecule has 3 heteroatoms. The SMILES string of the molecule is CCOC(=O)[C@H]1[C@H](CC)CCC[C@@H]1O. The van der Waals surface area contributed by atoms with Gasteiger partial charge in [-0.3, -0.25) is 4.79 Å². The summed E-state index contributed by atoms with van der Waals surface area (Å²) in [4.78, 5) is 11.6. The number of aliphatic hydroxyl groups excluding tert-OH is 1. The van der Waals surface area contributed by atoms with Crippen molar-refractivity contribution in [1.82, 2.24) is 0 Å². The van der Waals surface area contributed by atoms with Crippen molar-refractivity contribution in [2.45, 2.75) is 45.6 Å². The second kappa shape index (κ2) is 5.35. The fourth-order valence-electron chi connectivity index (χ4n) is 2.31. The van der Waals surface area contributed by atoms with Crippen LogP contribution in [0.2, 0.25) is 0 Å². The Morgan fingerprint density at radius 2 is 2.14 bits per heavy atom. The van der Waals surface area contributed by atoms with Gasteiger partial charge in [0.25, 0.3) is 0 Å². The van der Waals surface area contributed by atoms with Crippen molar-refractivity contribution < 1.29 is 14.6 Å². The number of ether oxygens (including phenoxy) is 1. The zero-order valence-corrected chi connectivity index (χ0v) is 9.03. The van der Waals surface area contributed by atoms with E-state index >= 15 is 0 Å². The van der Waals surface area contributed by atoms with Gasteiger partial charge in [-0.1, -0.05) is 19.8 Å². The van der Waals surface area contributed by atoms with Gasteiger partial charge in [-0.25, -0.2) is 0 Å². The molecule has 1 N–H and O–H groups in total. The van der Waals surface area contributed by atoms with Crippen molar-refractivity contribution in [2.75, 3.05) is 6.61 Å². The second-order valence-electron chi connectivity index (χ2n) is 3.94. The van der Waals surface area contributed by atoms with Gasteiger partial charge in [-0.15, -0.1) is 0 Å². The molecule has 0 heterocycles. The molecule has 0 radical (unpaired) electrons. The van der Waals surface area contributed by atoms with Gasteiger partial charge in [0.2, 0.25) is 0 Å². The zero-order valence-electron chi connectivity index (χ0n) is 9.03. The van der Waals surface area contributed by atoms with Gasteiger partial charge < -0.3 is 9.84 Å². The van der Waals surface area contributed by atoms with E-state index in [2.05, 4.69) is 6.92 Å². The van der Waals surface area contributed by atoms with Gasteiger partial charge in [0.1, 0.15) is 0 Å². The molecule has 1 fully saturated rings. The molecule has 1 rings (SSSR count). The minimum atomic E-state index is -0.493. The first-order chi connectivity index (χ1) is 6.70. The van der Waals surface area contributed by atoms with Crippen LogP contribution in [0.25, 0.3) is 0 Å². The van der Waals surface area contributed by atoms with Crippen LogP contribution in [0.4, 0.5) is 0 Å². The van der Waals surface area contributed by atoms with Crippen molar-refractivity contribution in [1.29, 1.82) is 0 Å². The van der Waals surface area contributed by atoms with Crippen molar-refractivity contribution in [3.8, 4) is 0 Å². The van der Waals surface area contributed by atoms with Gasteiger partial charge >= 0.3 is 5.97 Å². The van der Waals surface area contributed by atoms with Gasteiger partial charge in [0, 0.05) is 0 Å². The van der Waals surface area contributed by atoms with E-state index in [0.717, 1.165) is 25.7 Å². The molecule has 82 valence electrons. The molecule has 1 aliphatic carbocycles. The van der Waals surface area contributed by atoms with Crippen molar-refractivity contribution in [3.63, 3.8) is 0 Å². The third kappa shape index (κ3) is 2.47. The summed E-state index contributed by atoms with van der Waals surface area (Å²) in [5, 5.41) is 9.77. The highest BCUT2D eigenvalue weighted by Gasteiger charge is 2.37. The highest BCUT2D eigenvalue weighted by Crippen LogP contribution is 2.33. The highest BCUT2D eigenvalue weighted by atomic mass is 16.5. The van der Waals surface area contributed by atoms with E-state index in [0.29, 0.717) is 12.5 Å². The summed E-state index contributed by atoms with van der Waals surface area (Å²) in [6.07, 6.45) is 3.25. The Kier molecular flexibility index (Phi) is 4.39. The summed E-state index contributed by atoms with van der Waals surface area (Å²) < 4.78 is 4.98. The van der Waals surface area contributed by atoms with Gasteiger partial charge in [-0.05, 0) is 25.7 Å². The predicted octanol–water partition coefficient (Wildman–Crippen LogP) is 1.74. The van der Waals surface area contributed by atoms with E-state index in [1.165, 1.54) is 0 Å². The average Bonchev–Trinajstić information content (AvgIpc) is 2.17. The molecule has 1 saturated carbocycles. The van der Waals surface area contributed by atoms with E-state index in [1.807, 2.05) is 0 Å². The molecular formula is C11H20O3. The van der Waals surface area contributed by atoms with Crippen LogP contribution in [-0.2, 0) is 9.53 Å². The maximum atomic E-state index is 11.6. The Bertz CT molecular complexity index is 191. The number of rotatable bonds is 3. The minimum absolute atomic E-state index is 0.216. The predicted molar refractivity (Wildman–Crippen MR) is 53.8 cm³/mol. The minimum Gasteiger partial charge on any atom is -0.466 e. The van der Waals surface area contributed by atoms with Crippen LogP contribution in [0.1, 0.15) is 39.5 Å². The van der Waals surface area contributed by atoms with Crippen LogP contribution in [-0.4, -0.2) is 23.8 Å². The van der Waals surface area contributed by atoms with Crippen LogP contribution >= 0.6 is 0 Å². The first kappa shape index (κ1) is 11.5. The van der Waals surface area contributed by atoms with Crippen LogP contribution in [0.3, 0.4) is 0 Å². The maximum absolute atomic E-state index is 11.6. The van der Waals surface area contributed by atoms with E-state index in [1.54, 1.807) is 6.92 Å². The molecular weight excluding hydrogens is 180 g/mol. The molecule has 14 heavy (non-hydrogen) atoms.